The number of amides is 1. The molecule has 5 rings (SSSR count). The van der Waals surface area contributed by atoms with Gasteiger partial charge in [-0.3, -0.25) is 19.4 Å². The summed E-state index contributed by atoms with van der Waals surface area (Å²) in [5.41, 5.74) is 2.33. The number of aryl methyl sites for hydroxylation is 1. The number of hydrogen-bond donors (Lipinski definition) is 1. The van der Waals surface area contributed by atoms with E-state index in [1.54, 1.807) is 67.5 Å². The van der Waals surface area contributed by atoms with Crippen molar-refractivity contribution in [2.75, 3.05) is 5.32 Å². The maximum absolute atomic E-state index is 15.4. The predicted octanol–water partition coefficient (Wildman–Crippen LogP) is 6.54. The van der Waals surface area contributed by atoms with Gasteiger partial charge in [-0.25, -0.2) is 12.8 Å². The number of pyridine rings is 2. The van der Waals surface area contributed by atoms with Gasteiger partial charge in [0.25, 0.3) is 0 Å². The van der Waals surface area contributed by atoms with E-state index in [9.17, 15) is 13.2 Å². The molecular formula is C32H32FN5O4S. The van der Waals surface area contributed by atoms with E-state index in [4.69, 9.17) is 4.74 Å². The molecule has 3 heterocycles. The molecule has 5 aromatic rings. The molecule has 1 unspecified atom stereocenters. The van der Waals surface area contributed by atoms with Crippen LogP contribution in [0.25, 0.3) is 10.9 Å². The smallest absolute Gasteiger partial charge is 0.228 e. The van der Waals surface area contributed by atoms with E-state index in [1.807, 2.05) is 20.8 Å². The first-order chi connectivity index (χ1) is 20.3. The Labute approximate surface area is 249 Å². The number of carbonyl (C=O) groups excluding carboxylic acids is 1. The van der Waals surface area contributed by atoms with Crippen LogP contribution in [0.2, 0.25) is 0 Å². The topological polar surface area (TPSA) is 116 Å². The second kappa shape index (κ2) is 11.6. The van der Waals surface area contributed by atoms with Gasteiger partial charge in [-0.1, -0.05) is 12.1 Å². The van der Waals surface area contributed by atoms with E-state index >= 15 is 4.39 Å². The summed E-state index contributed by atoms with van der Waals surface area (Å²) in [6.07, 6.45) is 7.89. The number of nitrogens with one attached hydrogen (secondary N) is 1. The summed E-state index contributed by atoms with van der Waals surface area (Å²) in [6.45, 7) is 9.29. The Hall–Kier alpha value is -4.64. The first-order valence-electron chi connectivity index (χ1n) is 13.7. The number of anilines is 1. The fourth-order valence-electron chi connectivity index (χ4n) is 4.65. The zero-order valence-electron chi connectivity index (χ0n) is 24.5. The summed E-state index contributed by atoms with van der Waals surface area (Å²) in [5.74, 6) is -0.739. The molecule has 0 fully saturated rings. The van der Waals surface area contributed by atoms with Gasteiger partial charge in [-0.15, -0.1) is 0 Å². The lowest BCUT2D eigenvalue weighted by molar-refractivity contribution is -0.115. The second-order valence-corrected chi connectivity index (χ2v) is 13.6. The van der Waals surface area contributed by atoms with Crippen LogP contribution in [0, 0.1) is 12.7 Å². The third-order valence-electron chi connectivity index (χ3n) is 7.04. The summed E-state index contributed by atoms with van der Waals surface area (Å²) >= 11 is 0. The Morgan fingerprint density at radius 2 is 1.88 bits per heavy atom. The Bertz CT molecular complexity index is 1890. The highest BCUT2D eigenvalue weighted by Crippen LogP contribution is 2.36. The van der Waals surface area contributed by atoms with Crippen molar-refractivity contribution >= 4 is 32.3 Å². The van der Waals surface area contributed by atoms with Crippen molar-refractivity contribution in [2.24, 2.45) is 0 Å². The first-order valence-corrected chi connectivity index (χ1v) is 15.2. The van der Waals surface area contributed by atoms with Crippen LogP contribution in [0.1, 0.15) is 49.6 Å². The van der Waals surface area contributed by atoms with Crippen molar-refractivity contribution in [2.45, 2.75) is 56.7 Å². The Morgan fingerprint density at radius 1 is 1.09 bits per heavy atom. The number of carbonyl (C=O) groups is 1. The highest BCUT2D eigenvalue weighted by molar-refractivity contribution is 7.91. The lowest BCUT2D eigenvalue weighted by Gasteiger charge is -2.18. The Kier molecular flexibility index (Phi) is 8.02. The Morgan fingerprint density at radius 3 is 2.56 bits per heavy atom. The van der Waals surface area contributed by atoms with Gasteiger partial charge >= 0.3 is 0 Å². The molecular weight excluding hydrogens is 569 g/mol. The lowest BCUT2D eigenvalue weighted by atomic mass is 10.1. The van der Waals surface area contributed by atoms with Crippen molar-refractivity contribution in [3.05, 3.63) is 102 Å². The zero-order chi connectivity index (χ0) is 30.9. The minimum absolute atomic E-state index is 0.0277. The zero-order valence-corrected chi connectivity index (χ0v) is 25.3. The van der Waals surface area contributed by atoms with E-state index in [1.165, 1.54) is 30.6 Å². The van der Waals surface area contributed by atoms with Gasteiger partial charge in [0, 0.05) is 30.2 Å². The van der Waals surface area contributed by atoms with Crippen LogP contribution in [0.15, 0.2) is 84.4 Å². The summed E-state index contributed by atoms with van der Waals surface area (Å²) in [6, 6.07) is 12.5. The summed E-state index contributed by atoms with van der Waals surface area (Å²) in [5, 5.41) is 6.65. The van der Waals surface area contributed by atoms with Gasteiger partial charge in [-0.05, 0) is 87.7 Å². The van der Waals surface area contributed by atoms with Gasteiger partial charge in [0.05, 0.1) is 39.5 Å². The molecule has 0 aliphatic rings. The van der Waals surface area contributed by atoms with E-state index in [-0.39, 0.29) is 34.3 Å². The number of halogens is 1. The highest BCUT2D eigenvalue weighted by atomic mass is 32.2. The van der Waals surface area contributed by atoms with Crippen molar-refractivity contribution in [3.8, 4) is 11.5 Å². The maximum Gasteiger partial charge on any atom is 0.228 e. The molecule has 1 amide bonds. The lowest BCUT2D eigenvalue weighted by Crippen LogP contribution is -2.22. The van der Waals surface area contributed by atoms with E-state index in [2.05, 4.69) is 20.4 Å². The average Bonchev–Trinajstić information content (AvgIpc) is 3.44. The molecule has 0 radical (unpaired) electrons. The minimum atomic E-state index is -3.78. The normalized spacial score (nSPS) is 12.7. The number of ether oxygens (including phenoxy) is 1. The molecule has 3 aromatic heterocycles. The number of hydrogen-bond acceptors (Lipinski definition) is 7. The first kappa shape index (κ1) is 29.8. The third kappa shape index (κ3) is 6.41. The molecule has 1 atom stereocenters. The standard InChI is InChI=1S/C32H32FN5O4S/c1-20-13-22(15-30(39)37-24-18-36-38(19-24)32(3,4)5)14-27(33)31(20)42-29-10-12-35-28-9-8-25(16-26(28)29)43(40,41)21(2)23-7-6-11-34-17-23/h6-14,16-19,21H,15H2,1-5H3,(H,37,39). The van der Waals surface area contributed by atoms with Crippen LogP contribution in [-0.4, -0.2) is 34.1 Å². The molecule has 0 aliphatic heterocycles. The van der Waals surface area contributed by atoms with E-state index in [0.717, 1.165) is 0 Å². The van der Waals surface area contributed by atoms with Crippen molar-refractivity contribution < 1.29 is 22.3 Å². The molecule has 0 saturated heterocycles. The molecule has 0 saturated carbocycles. The van der Waals surface area contributed by atoms with Gasteiger partial charge in [-0.2, -0.15) is 5.10 Å². The second-order valence-electron chi connectivity index (χ2n) is 11.4. The molecule has 0 bridgehead atoms. The molecule has 2 aromatic carbocycles. The molecule has 0 aliphatic carbocycles. The average molecular weight is 602 g/mol. The van der Waals surface area contributed by atoms with Crippen molar-refractivity contribution in [3.63, 3.8) is 0 Å². The number of benzene rings is 2. The molecule has 9 nitrogen and oxygen atoms in total. The highest BCUT2D eigenvalue weighted by Gasteiger charge is 2.26. The predicted molar refractivity (Wildman–Crippen MR) is 162 cm³/mol. The van der Waals surface area contributed by atoms with Gasteiger partial charge in [0.15, 0.2) is 21.4 Å². The Balaban J connectivity index is 1.38. The number of fused-ring (bicyclic) bond motifs is 1. The van der Waals surface area contributed by atoms with Crippen LogP contribution in [0.4, 0.5) is 10.1 Å². The minimum Gasteiger partial charge on any atom is -0.453 e. The fraction of sp³-hybridized carbons (Fsp3) is 0.250. The van der Waals surface area contributed by atoms with Crippen molar-refractivity contribution in [1.29, 1.82) is 0 Å². The molecule has 11 heteroatoms. The van der Waals surface area contributed by atoms with Crippen LogP contribution in [-0.2, 0) is 26.6 Å². The summed E-state index contributed by atoms with van der Waals surface area (Å²) in [7, 11) is -3.78. The number of nitrogens with zero attached hydrogens (tertiary/aromatic N) is 4. The number of aromatic nitrogens is 4. The van der Waals surface area contributed by atoms with Crippen LogP contribution in [0.5, 0.6) is 11.5 Å². The summed E-state index contributed by atoms with van der Waals surface area (Å²) in [4.78, 5) is 21.1. The fourth-order valence-corrected chi connectivity index (χ4v) is 6.10. The van der Waals surface area contributed by atoms with Gasteiger partial charge in [0.1, 0.15) is 5.75 Å². The monoisotopic (exact) mass is 601 g/mol. The van der Waals surface area contributed by atoms with Crippen LogP contribution in [0.3, 0.4) is 0 Å². The largest absolute Gasteiger partial charge is 0.453 e. The number of rotatable bonds is 8. The van der Waals surface area contributed by atoms with Gasteiger partial charge < -0.3 is 10.1 Å². The molecule has 0 spiro atoms. The van der Waals surface area contributed by atoms with Crippen LogP contribution < -0.4 is 10.1 Å². The van der Waals surface area contributed by atoms with Gasteiger partial charge in [0.2, 0.25) is 5.91 Å². The maximum atomic E-state index is 15.4. The molecule has 43 heavy (non-hydrogen) atoms. The quantitative estimate of drug-likeness (QED) is 0.215. The van der Waals surface area contributed by atoms with E-state index < -0.39 is 20.9 Å². The summed E-state index contributed by atoms with van der Waals surface area (Å²) < 4.78 is 50.1. The molecule has 1 N–H and O–H groups in total. The van der Waals surface area contributed by atoms with Crippen LogP contribution >= 0.6 is 0 Å². The molecule has 222 valence electrons. The van der Waals surface area contributed by atoms with Crippen molar-refractivity contribution in [1.82, 2.24) is 19.7 Å². The SMILES string of the molecule is Cc1cc(CC(=O)Nc2cnn(C(C)(C)C)c2)cc(F)c1Oc1ccnc2ccc(S(=O)(=O)C(C)c3cccnc3)cc12. The van der Waals surface area contributed by atoms with E-state index in [0.29, 0.717) is 33.3 Å². The number of sulfone groups is 1. The third-order valence-corrected chi connectivity index (χ3v) is 9.15.